The summed E-state index contributed by atoms with van der Waals surface area (Å²) in [5.41, 5.74) is 1.82. The summed E-state index contributed by atoms with van der Waals surface area (Å²) in [6, 6.07) is 12.0. The van der Waals surface area contributed by atoms with Gasteiger partial charge in [-0.1, -0.05) is 12.1 Å². The average molecular weight is 400 g/mol. The molecule has 0 aliphatic rings. The van der Waals surface area contributed by atoms with Crippen LogP contribution in [0.1, 0.15) is 49.7 Å². The molecule has 156 valence electrons. The zero-order valence-electron chi connectivity index (χ0n) is 17.3. The normalized spacial score (nSPS) is 11.3. The Morgan fingerprint density at radius 3 is 2.34 bits per heavy atom. The van der Waals surface area contributed by atoms with Gasteiger partial charge >= 0.3 is 6.09 Å². The van der Waals surface area contributed by atoms with Crippen LogP contribution in [0.2, 0.25) is 0 Å². The van der Waals surface area contributed by atoms with E-state index < -0.39 is 6.09 Å². The lowest BCUT2D eigenvalue weighted by Crippen LogP contribution is -2.26. The van der Waals surface area contributed by atoms with Crippen LogP contribution in [-0.2, 0) is 4.74 Å². The van der Waals surface area contributed by atoms with Crippen molar-refractivity contribution in [3.63, 3.8) is 0 Å². The summed E-state index contributed by atoms with van der Waals surface area (Å²) in [6.07, 6.45) is -0.559. The number of anilines is 1. The van der Waals surface area contributed by atoms with Gasteiger partial charge in [0.05, 0.1) is 25.9 Å². The topological polar surface area (TPSA) is 85.9 Å². The molecule has 0 unspecified atom stereocenters. The van der Waals surface area contributed by atoms with E-state index in [2.05, 4.69) is 10.6 Å². The Morgan fingerprint density at radius 1 is 0.931 bits per heavy atom. The van der Waals surface area contributed by atoms with Gasteiger partial charge in [-0.2, -0.15) is 0 Å². The smallest absolute Gasteiger partial charge is 0.411 e. The predicted octanol–water partition coefficient (Wildman–Crippen LogP) is 4.54. The molecule has 2 aromatic carbocycles. The number of hydrogen-bond acceptors (Lipinski definition) is 5. The fourth-order valence-corrected chi connectivity index (χ4v) is 2.72. The van der Waals surface area contributed by atoms with E-state index >= 15 is 0 Å². The molecule has 2 N–H and O–H groups in total. The molecule has 7 nitrogen and oxygen atoms in total. The molecule has 2 rings (SSSR count). The molecular formula is C22H28N2O5. The Balaban J connectivity index is 2.10. The van der Waals surface area contributed by atoms with Gasteiger partial charge in [0.2, 0.25) is 0 Å². The number of benzene rings is 2. The number of amides is 2. The number of rotatable bonds is 9. The zero-order chi connectivity index (χ0) is 21.2. The number of ether oxygens (including phenoxy) is 3. The van der Waals surface area contributed by atoms with Gasteiger partial charge in [0, 0.05) is 11.3 Å². The van der Waals surface area contributed by atoms with Gasteiger partial charge in [0.25, 0.3) is 5.91 Å². The van der Waals surface area contributed by atoms with Gasteiger partial charge in [-0.05, 0) is 63.6 Å². The van der Waals surface area contributed by atoms with Crippen molar-refractivity contribution in [3.05, 3.63) is 53.6 Å². The Labute approximate surface area is 171 Å². The molecule has 2 amide bonds. The third-order valence-electron chi connectivity index (χ3n) is 4.06. The second kappa shape index (κ2) is 10.9. The fourth-order valence-electron chi connectivity index (χ4n) is 2.72. The highest BCUT2D eigenvalue weighted by molar-refractivity contribution is 5.96. The van der Waals surface area contributed by atoms with Crippen molar-refractivity contribution in [2.45, 2.75) is 33.7 Å². The second-order valence-corrected chi connectivity index (χ2v) is 6.19. The standard InChI is InChI=1S/C22H28N2O5/c1-5-27-19-12-11-16(14-20(19)28-6-2)15(4)23-21(25)17-9-8-10-18(13-17)24-22(26)29-7-3/h8-15H,5-7H2,1-4H3,(H,23,25)(H,24,26)/t15-/m0/s1. The van der Waals surface area contributed by atoms with E-state index in [0.29, 0.717) is 36.0 Å². The summed E-state index contributed by atoms with van der Waals surface area (Å²) < 4.78 is 16.1. The van der Waals surface area contributed by atoms with Gasteiger partial charge in [0.1, 0.15) is 0 Å². The van der Waals surface area contributed by atoms with E-state index in [1.54, 1.807) is 31.2 Å². The molecule has 2 aromatic rings. The van der Waals surface area contributed by atoms with Gasteiger partial charge in [-0.25, -0.2) is 4.79 Å². The maximum Gasteiger partial charge on any atom is 0.411 e. The van der Waals surface area contributed by atoms with Crippen LogP contribution in [0.3, 0.4) is 0 Å². The van der Waals surface area contributed by atoms with Crippen LogP contribution < -0.4 is 20.1 Å². The van der Waals surface area contributed by atoms with E-state index in [1.807, 2.05) is 39.0 Å². The number of carbonyl (C=O) groups excluding carboxylic acids is 2. The quantitative estimate of drug-likeness (QED) is 0.645. The van der Waals surface area contributed by atoms with Gasteiger partial charge in [-0.3, -0.25) is 10.1 Å². The maximum atomic E-state index is 12.7. The summed E-state index contributed by atoms with van der Waals surface area (Å²) in [5.74, 6) is 1.07. The minimum atomic E-state index is -0.559. The molecule has 7 heteroatoms. The van der Waals surface area contributed by atoms with E-state index in [9.17, 15) is 9.59 Å². The lowest BCUT2D eigenvalue weighted by atomic mass is 10.1. The van der Waals surface area contributed by atoms with Gasteiger partial charge < -0.3 is 19.5 Å². The first-order valence-corrected chi connectivity index (χ1v) is 9.72. The van der Waals surface area contributed by atoms with Gasteiger partial charge in [0.15, 0.2) is 11.5 Å². The highest BCUT2D eigenvalue weighted by Crippen LogP contribution is 2.30. The first kappa shape index (κ1) is 22.1. The summed E-state index contributed by atoms with van der Waals surface area (Å²) in [5, 5.41) is 5.55. The van der Waals surface area contributed by atoms with Crippen LogP contribution in [0.15, 0.2) is 42.5 Å². The van der Waals surface area contributed by atoms with Crippen molar-refractivity contribution >= 4 is 17.7 Å². The van der Waals surface area contributed by atoms with Crippen molar-refractivity contribution < 1.29 is 23.8 Å². The lowest BCUT2D eigenvalue weighted by molar-refractivity contribution is 0.0939. The summed E-state index contributed by atoms with van der Waals surface area (Å²) in [4.78, 5) is 24.2. The molecule has 0 bridgehead atoms. The number of nitrogens with one attached hydrogen (secondary N) is 2. The van der Waals surface area contributed by atoms with Crippen molar-refractivity contribution in [2.24, 2.45) is 0 Å². The molecule has 0 spiro atoms. The maximum absolute atomic E-state index is 12.7. The first-order valence-electron chi connectivity index (χ1n) is 9.72. The third-order valence-corrected chi connectivity index (χ3v) is 4.06. The van der Waals surface area contributed by atoms with E-state index in [4.69, 9.17) is 14.2 Å². The highest BCUT2D eigenvalue weighted by atomic mass is 16.5. The van der Waals surface area contributed by atoms with Crippen LogP contribution >= 0.6 is 0 Å². The summed E-state index contributed by atoms with van der Waals surface area (Å²) in [6.45, 7) is 8.77. The Bertz CT molecular complexity index is 838. The first-order chi connectivity index (χ1) is 14.0. The van der Waals surface area contributed by atoms with E-state index in [0.717, 1.165) is 5.56 Å². The molecule has 1 atom stereocenters. The molecule has 0 fully saturated rings. The monoisotopic (exact) mass is 400 g/mol. The predicted molar refractivity (Wildman–Crippen MR) is 112 cm³/mol. The van der Waals surface area contributed by atoms with Crippen molar-refractivity contribution in [1.82, 2.24) is 5.32 Å². The number of hydrogen-bond donors (Lipinski definition) is 2. The van der Waals surface area contributed by atoms with E-state index in [-0.39, 0.29) is 18.6 Å². The molecular weight excluding hydrogens is 372 g/mol. The Morgan fingerprint density at radius 2 is 1.66 bits per heavy atom. The van der Waals surface area contributed by atoms with Crippen molar-refractivity contribution in [2.75, 3.05) is 25.1 Å². The van der Waals surface area contributed by atoms with Crippen LogP contribution in [-0.4, -0.2) is 31.8 Å². The largest absolute Gasteiger partial charge is 0.490 e. The molecule has 0 saturated carbocycles. The van der Waals surface area contributed by atoms with Crippen LogP contribution in [0.4, 0.5) is 10.5 Å². The van der Waals surface area contributed by atoms with Crippen molar-refractivity contribution in [1.29, 1.82) is 0 Å². The average Bonchev–Trinajstić information content (AvgIpc) is 2.70. The summed E-state index contributed by atoms with van der Waals surface area (Å²) in [7, 11) is 0. The molecule has 29 heavy (non-hydrogen) atoms. The van der Waals surface area contributed by atoms with Crippen LogP contribution in [0.25, 0.3) is 0 Å². The molecule has 0 aliphatic carbocycles. The Kier molecular flexibility index (Phi) is 8.33. The molecule has 0 heterocycles. The third kappa shape index (κ3) is 6.41. The number of carbonyl (C=O) groups is 2. The zero-order valence-corrected chi connectivity index (χ0v) is 17.3. The van der Waals surface area contributed by atoms with Crippen molar-refractivity contribution in [3.8, 4) is 11.5 Å². The highest BCUT2D eigenvalue weighted by Gasteiger charge is 2.15. The van der Waals surface area contributed by atoms with Crippen LogP contribution in [0.5, 0.6) is 11.5 Å². The second-order valence-electron chi connectivity index (χ2n) is 6.19. The summed E-state index contributed by atoms with van der Waals surface area (Å²) >= 11 is 0. The lowest BCUT2D eigenvalue weighted by Gasteiger charge is -2.18. The minimum Gasteiger partial charge on any atom is -0.490 e. The molecule has 0 radical (unpaired) electrons. The van der Waals surface area contributed by atoms with Crippen LogP contribution in [0, 0.1) is 0 Å². The van der Waals surface area contributed by atoms with E-state index in [1.165, 1.54) is 0 Å². The molecule has 0 aliphatic heterocycles. The Hall–Kier alpha value is -3.22. The fraction of sp³-hybridized carbons (Fsp3) is 0.364. The van der Waals surface area contributed by atoms with Gasteiger partial charge in [-0.15, -0.1) is 0 Å². The molecule has 0 saturated heterocycles. The SMILES string of the molecule is CCOC(=O)Nc1cccc(C(=O)N[C@@H](C)c2ccc(OCC)c(OCC)c2)c1. The molecule has 0 aromatic heterocycles. The minimum absolute atomic E-state index is 0.251.